The molecule has 1 fully saturated rings. The van der Waals surface area contributed by atoms with Crippen LogP contribution in [-0.4, -0.2) is 26.0 Å². The van der Waals surface area contributed by atoms with Crippen LogP contribution in [0.25, 0.3) is 0 Å². The summed E-state index contributed by atoms with van der Waals surface area (Å²) in [6, 6.07) is 0. The Morgan fingerprint density at radius 3 is 2.43 bits per heavy atom. The molecule has 1 aliphatic rings. The first-order valence-electron chi connectivity index (χ1n) is 7.19. The number of sulfonamides is 1. The van der Waals surface area contributed by atoms with Crippen LogP contribution < -0.4 is 10.5 Å². The zero-order chi connectivity index (χ0) is 15.7. The minimum Gasteiger partial charge on any atom is -0.465 e. The molecule has 0 spiro atoms. The molecular weight excluding hydrogens is 308 g/mol. The van der Waals surface area contributed by atoms with E-state index in [2.05, 4.69) is 11.0 Å². The van der Waals surface area contributed by atoms with Crippen molar-refractivity contribution in [1.29, 1.82) is 0 Å². The van der Waals surface area contributed by atoms with Crippen LogP contribution in [0, 0.1) is 13.8 Å². The predicted molar refractivity (Wildman–Crippen MR) is 86.0 cm³/mol. The van der Waals surface area contributed by atoms with Crippen LogP contribution in [-0.2, 0) is 16.6 Å². The molecule has 0 bridgehead atoms. The highest BCUT2D eigenvalue weighted by Gasteiger charge is 2.35. The van der Waals surface area contributed by atoms with Gasteiger partial charge in [-0.2, -0.15) is 11.8 Å². The van der Waals surface area contributed by atoms with Crippen LogP contribution in [0.1, 0.15) is 42.8 Å². The molecule has 5 nitrogen and oxygen atoms in total. The first kappa shape index (κ1) is 16.9. The Balaban J connectivity index is 2.23. The maximum Gasteiger partial charge on any atom is 0.244 e. The van der Waals surface area contributed by atoms with Crippen LogP contribution >= 0.6 is 11.8 Å². The molecular formula is C14H24N2O3S2. The van der Waals surface area contributed by atoms with Crippen LogP contribution in [0.4, 0.5) is 0 Å². The zero-order valence-electron chi connectivity index (χ0n) is 12.9. The number of thioether (sulfide) groups is 1. The van der Waals surface area contributed by atoms with Crippen molar-refractivity contribution >= 4 is 21.8 Å². The summed E-state index contributed by atoms with van der Waals surface area (Å²) in [6.07, 6.45) is 6.51. The molecule has 1 saturated carbocycles. The molecule has 120 valence electrons. The minimum absolute atomic E-state index is 0.0304. The number of hydrogen-bond acceptors (Lipinski definition) is 5. The van der Waals surface area contributed by atoms with E-state index in [9.17, 15) is 8.42 Å². The Morgan fingerprint density at radius 1 is 1.29 bits per heavy atom. The molecule has 1 aliphatic carbocycles. The van der Waals surface area contributed by atoms with Crippen molar-refractivity contribution in [3.8, 4) is 0 Å². The highest BCUT2D eigenvalue weighted by Crippen LogP contribution is 2.40. The fraction of sp³-hybridized carbons (Fsp3) is 0.714. The van der Waals surface area contributed by atoms with E-state index in [0.717, 1.165) is 12.8 Å². The van der Waals surface area contributed by atoms with E-state index in [1.54, 1.807) is 25.6 Å². The smallest absolute Gasteiger partial charge is 0.244 e. The van der Waals surface area contributed by atoms with Crippen LogP contribution in [0.2, 0.25) is 0 Å². The van der Waals surface area contributed by atoms with Gasteiger partial charge >= 0.3 is 0 Å². The highest BCUT2D eigenvalue weighted by atomic mass is 32.2. The SMILES string of the molecule is CSC1(CNS(=O)(=O)c2c(C)oc(C)c2CN)CCCC1. The average molecular weight is 332 g/mol. The lowest BCUT2D eigenvalue weighted by Crippen LogP contribution is -2.38. The molecule has 3 N–H and O–H groups in total. The van der Waals surface area contributed by atoms with E-state index < -0.39 is 10.0 Å². The summed E-state index contributed by atoms with van der Waals surface area (Å²) in [4.78, 5) is 0.219. The summed E-state index contributed by atoms with van der Waals surface area (Å²) >= 11 is 1.76. The zero-order valence-corrected chi connectivity index (χ0v) is 14.5. The molecule has 0 amide bonds. The normalized spacial score (nSPS) is 18.3. The van der Waals surface area contributed by atoms with E-state index in [-0.39, 0.29) is 16.2 Å². The van der Waals surface area contributed by atoms with Gasteiger partial charge < -0.3 is 10.2 Å². The summed E-state index contributed by atoms with van der Waals surface area (Å²) in [6.45, 7) is 4.03. The van der Waals surface area contributed by atoms with Gasteiger partial charge in [-0.1, -0.05) is 12.8 Å². The van der Waals surface area contributed by atoms with Gasteiger partial charge in [0.05, 0.1) is 0 Å². The van der Waals surface area contributed by atoms with Crippen molar-refractivity contribution in [3.05, 3.63) is 17.1 Å². The first-order chi connectivity index (χ1) is 9.85. The van der Waals surface area contributed by atoms with Crippen molar-refractivity contribution in [2.75, 3.05) is 12.8 Å². The number of nitrogens with one attached hydrogen (secondary N) is 1. The van der Waals surface area contributed by atoms with E-state index in [4.69, 9.17) is 10.2 Å². The Labute approximate surface area is 131 Å². The number of nitrogens with two attached hydrogens (primary N) is 1. The maximum absolute atomic E-state index is 12.6. The summed E-state index contributed by atoms with van der Waals surface area (Å²) in [5, 5.41) is 0. The van der Waals surface area contributed by atoms with Crippen molar-refractivity contribution in [1.82, 2.24) is 4.72 Å². The Bertz CT molecular complexity index is 602. The van der Waals surface area contributed by atoms with E-state index in [1.165, 1.54) is 12.8 Å². The molecule has 0 radical (unpaired) electrons. The molecule has 0 aliphatic heterocycles. The molecule has 1 aromatic heterocycles. The molecule has 7 heteroatoms. The van der Waals surface area contributed by atoms with Crippen LogP contribution in [0.5, 0.6) is 0 Å². The molecule has 0 atom stereocenters. The third kappa shape index (κ3) is 3.31. The highest BCUT2D eigenvalue weighted by molar-refractivity contribution is 8.00. The second-order valence-corrected chi connectivity index (χ2v) is 8.62. The summed E-state index contributed by atoms with van der Waals surface area (Å²) in [5.41, 5.74) is 6.25. The molecule has 1 aromatic rings. The summed E-state index contributed by atoms with van der Waals surface area (Å²) in [5.74, 6) is 0.987. The van der Waals surface area contributed by atoms with Gasteiger partial charge in [-0.25, -0.2) is 13.1 Å². The third-order valence-corrected chi connectivity index (χ3v) is 7.34. The minimum atomic E-state index is -3.59. The summed E-state index contributed by atoms with van der Waals surface area (Å²) < 4.78 is 33.5. The Hall–Kier alpha value is -0.500. The van der Waals surface area contributed by atoms with Gasteiger partial charge in [0, 0.05) is 23.4 Å². The van der Waals surface area contributed by atoms with E-state index in [1.807, 2.05) is 0 Å². The fourth-order valence-electron chi connectivity index (χ4n) is 3.07. The monoisotopic (exact) mass is 332 g/mol. The predicted octanol–water partition coefficient (Wildman–Crippen LogP) is 2.31. The number of rotatable bonds is 6. The third-order valence-electron chi connectivity index (χ3n) is 4.33. The van der Waals surface area contributed by atoms with Crippen LogP contribution in [0.3, 0.4) is 0 Å². The second-order valence-electron chi connectivity index (χ2n) is 5.65. The topological polar surface area (TPSA) is 85.3 Å². The van der Waals surface area contributed by atoms with Crippen LogP contribution in [0.15, 0.2) is 9.31 Å². The molecule has 1 heterocycles. The largest absolute Gasteiger partial charge is 0.465 e. The van der Waals surface area contributed by atoms with Crippen molar-refractivity contribution in [3.63, 3.8) is 0 Å². The number of furan rings is 1. The molecule has 0 saturated heterocycles. The van der Waals surface area contributed by atoms with Crippen molar-refractivity contribution in [2.45, 2.75) is 55.7 Å². The van der Waals surface area contributed by atoms with Gasteiger partial charge in [0.1, 0.15) is 16.4 Å². The van der Waals surface area contributed by atoms with Gasteiger partial charge in [0.15, 0.2) is 0 Å². The molecule has 2 rings (SSSR count). The van der Waals surface area contributed by atoms with Gasteiger partial charge in [-0.05, 0) is 32.9 Å². The van der Waals surface area contributed by atoms with Gasteiger partial charge in [0.25, 0.3) is 0 Å². The fourth-order valence-corrected chi connectivity index (χ4v) is 5.66. The standard InChI is InChI=1S/C14H24N2O3S2/c1-10-12(8-15)13(11(2)19-10)21(17,18)16-9-14(20-3)6-4-5-7-14/h16H,4-9,15H2,1-3H3. The van der Waals surface area contributed by atoms with E-state index >= 15 is 0 Å². The lowest BCUT2D eigenvalue weighted by Gasteiger charge is -2.26. The van der Waals surface area contributed by atoms with Crippen molar-refractivity contribution < 1.29 is 12.8 Å². The quantitative estimate of drug-likeness (QED) is 0.835. The maximum atomic E-state index is 12.6. The van der Waals surface area contributed by atoms with Gasteiger partial charge in [-0.15, -0.1) is 0 Å². The number of hydrogen-bond donors (Lipinski definition) is 2. The molecule has 21 heavy (non-hydrogen) atoms. The lowest BCUT2D eigenvalue weighted by molar-refractivity contribution is 0.493. The Morgan fingerprint density at radius 2 is 1.90 bits per heavy atom. The average Bonchev–Trinajstić information content (AvgIpc) is 3.01. The Kier molecular flexibility index (Phi) is 5.07. The first-order valence-corrected chi connectivity index (χ1v) is 9.90. The lowest BCUT2D eigenvalue weighted by atomic mass is 10.1. The van der Waals surface area contributed by atoms with Gasteiger partial charge in [0.2, 0.25) is 10.0 Å². The van der Waals surface area contributed by atoms with Gasteiger partial charge in [-0.3, -0.25) is 0 Å². The number of aryl methyl sites for hydroxylation is 2. The van der Waals surface area contributed by atoms with Crippen molar-refractivity contribution in [2.24, 2.45) is 5.73 Å². The molecule has 0 unspecified atom stereocenters. The second kappa shape index (κ2) is 6.32. The van der Waals surface area contributed by atoms with E-state index in [0.29, 0.717) is 23.6 Å². The molecule has 0 aromatic carbocycles. The summed E-state index contributed by atoms with van der Waals surface area (Å²) in [7, 11) is -3.59.